The number of rotatable bonds is 4. The van der Waals surface area contributed by atoms with E-state index in [2.05, 4.69) is 15.3 Å². The number of aromatic nitrogens is 2. The fourth-order valence-corrected chi connectivity index (χ4v) is 1.83. The van der Waals surface area contributed by atoms with E-state index >= 15 is 0 Å². The van der Waals surface area contributed by atoms with Crippen molar-refractivity contribution in [3.05, 3.63) is 41.5 Å². The van der Waals surface area contributed by atoms with Crippen molar-refractivity contribution in [1.82, 2.24) is 15.3 Å². The van der Waals surface area contributed by atoms with Crippen LogP contribution in [0.2, 0.25) is 0 Å². The monoisotopic (exact) mass is 261 g/mol. The van der Waals surface area contributed by atoms with Crippen molar-refractivity contribution in [2.75, 3.05) is 14.2 Å². The van der Waals surface area contributed by atoms with Gasteiger partial charge >= 0.3 is 0 Å². The van der Waals surface area contributed by atoms with Crippen molar-refractivity contribution in [3.63, 3.8) is 0 Å². The maximum atomic E-state index is 13.4. The van der Waals surface area contributed by atoms with Crippen molar-refractivity contribution >= 4 is 0 Å². The third-order valence-corrected chi connectivity index (χ3v) is 2.67. The zero-order valence-electron chi connectivity index (χ0n) is 11.2. The van der Waals surface area contributed by atoms with Gasteiger partial charge in [-0.15, -0.1) is 0 Å². The Labute approximate surface area is 111 Å². The third-order valence-electron chi connectivity index (χ3n) is 2.67. The number of aryl methyl sites for hydroxylation is 1. The Morgan fingerprint density at radius 2 is 2.05 bits per heavy atom. The van der Waals surface area contributed by atoms with E-state index in [0.29, 0.717) is 12.4 Å². The number of nitrogens with one attached hydrogen (secondary N) is 1. The molecule has 1 heterocycles. The lowest BCUT2D eigenvalue weighted by Gasteiger charge is -2.08. The molecule has 2 rings (SSSR count). The minimum atomic E-state index is -0.394. The number of nitrogens with zero attached hydrogens (tertiary/aromatic N) is 2. The lowest BCUT2D eigenvalue weighted by atomic mass is 10.2. The first kappa shape index (κ1) is 13.4. The summed E-state index contributed by atoms with van der Waals surface area (Å²) in [4.78, 5) is 8.82. The first-order chi connectivity index (χ1) is 9.13. The Morgan fingerprint density at radius 1 is 1.26 bits per heavy atom. The molecule has 5 heteroatoms. The van der Waals surface area contributed by atoms with Gasteiger partial charge in [0.25, 0.3) is 0 Å². The lowest BCUT2D eigenvalue weighted by Crippen LogP contribution is -2.08. The van der Waals surface area contributed by atoms with E-state index in [4.69, 9.17) is 4.74 Å². The van der Waals surface area contributed by atoms with E-state index in [-0.39, 0.29) is 5.75 Å². The molecule has 2 aromatic rings. The Kier molecular flexibility index (Phi) is 4.06. The second kappa shape index (κ2) is 5.75. The largest absolute Gasteiger partial charge is 0.494 e. The molecule has 0 aliphatic carbocycles. The van der Waals surface area contributed by atoms with Gasteiger partial charge in [-0.2, -0.15) is 0 Å². The molecule has 1 aromatic carbocycles. The van der Waals surface area contributed by atoms with Gasteiger partial charge in [-0.3, -0.25) is 0 Å². The van der Waals surface area contributed by atoms with Crippen LogP contribution in [0.25, 0.3) is 11.4 Å². The predicted molar refractivity (Wildman–Crippen MR) is 71.5 cm³/mol. The van der Waals surface area contributed by atoms with Gasteiger partial charge in [-0.1, -0.05) is 0 Å². The summed E-state index contributed by atoms with van der Waals surface area (Å²) in [6.45, 7) is 2.57. The summed E-state index contributed by atoms with van der Waals surface area (Å²) in [6.07, 6.45) is 0. The number of halogens is 1. The highest BCUT2D eigenvalue weighted by atomic mass is 19.1. The molecule has 0 amide bonds. The molecule has 100 valence electrons. The average molecular weight is 261 g/mol. The number of methoxy groups -OCH3 is 1. The Balaban J connectivity index is 2.46. The maximum Gasteiger partial charge on any atom is 0.165 e. The number of ether oxygens (including phenoxy) is 1. The zero-order chi connectivity index (χ0) is 13.8. The molecule has 0 unspecified atom stereocenters. The minimum absolute atomic E-state index is 0.192. The van der Waals surface area contributed by atoms with Crippen molar-refractivity contribution in [2.45, 2.75) is 13.5 Å². The van der Waals surface area contributed by atoms with Gasteiger partial charge in [0.2, 0.25) is 0 Å². The summed E-state index contributed by atoms with van der Waals surface area (Å²) < 4.78 is 18.4. The van der Waals surface area contributed by atoms with Crippen molar-refractivity contribution in [1.29, 1.82) is 0 Å². The fraction of sp³-hybridized carbons (Fsp3) is 0.286. The van der Waals surface area contributed by atoms with Gasteiger partial charge in [-0.25, -0.2) is 14.4 Å². The molecule has 0 spiro atoms. The van der Waals surface area contributed by atoms with Crippen LogP contribution in [-0.4, -0.2) is 24.1 Å². The van der Waals surface area contributed by atoms with Crippen LogP contribution in [0.3, 0.4) is 0 Å². The van der Waals surface area contributed by atoms with Crippen LogP contribution in [0.1, 0.15) is 11.4 Å². The van der Waals surface area contributed by atoms with Crippen LogP contribution in [0, 0.1) is 12.7 Å². The first-order valence-corrected chi connectivity index (χ1v) is 5.97. The molecule has 1 N–H and O–H groups in total. The maximum absolute atomic E-state index is 13.4. The highest BCUT2D eigenvalue weighted by Gasteiger charge is 2.09. The molecule has 0 saturated heterocycles. The van der Waals surface area contributed by atoms with Crippen LogP contribution in [0.4, 0.5) is 4.39 Å². The Bertz CT molecular complexity index is 587. The third kappa shape index (κ3) is 3.06. The Hall–Kier alpha value is -2.01. The number of benzene rings is 1. The van der Waals surface area contributed by atoms with E-state index in [0.717, 1.165) is 17.0 Å². The molecule has 0 saturated carbocycles. The quantitative estimate of drug-likeness (QED) is 0.917. The second-order valence-corrected chi connectivity index (χ2v) is 4.20. The van der Waals surface area contributed by atoms with Gasteiger partial charge in [0, 0.05) is 17.8 Å². The van der Waals surface area contributed by atoms with Crippen molar-refractivity contribution in [3.8, 4) is 17.1 Å². The topological polar surface area (TPSA) is 47.0 Å². The van der Waals surface area contributed by atoms with E-state index < -0.39 is 5.82 Å². The smallest absolute Gasteiger partial charge is 0.165 e. The molecule has 0 aliphatic heterocycles. The molecule has 4 nitrogen and oxygen atoms in total. The van der Waals surface area contributed by atoms with Crippen LogP contribution in [0.15, 0.2) is 24.3 Å². The van der Waals surface area contributed by atoms with E-state index in [1.54, 1.807) is 12.1 Å². The summed E-state index contributed by atoms with van der Waals surface area (Å²) in [5.41, 5.74) is 2.51. The van der Waals surface area contributed by atoms with Gasteiger partial charge in [0.1, 0.15) is 0 Å². The van der Waals surface area contributed by atoms with Crippen LogP contribution in [0.5, 0.6) is 5.75 Å². The summed E-state index contributed by atoms with van der Waals surface area (Å²) in [6, 6.07) is 6.53. The van der Waals surface area contributed by atoms with E-state index in [1.807, 2.05) is 20.0 Å². The van der Waals surface area contributed by atoms with Gasteiger partial charge < -0.3 is 10.1 Å². The van der Waals surface area contributed by atoms with Gasteiger partial charge in [0.05, 0.1) is 12.8 Å². The zero-order valence-corrected chi connectivity index (χ0v) is 11.2. The molecule has 19 heavy (non-hydrogen) atoms. The number of hydrogen-bond donors (Lipinski definition) is 1. The summed E-state index contributed by atoms with van der Waals surface area (Å²) in [5, 5.41) is 3.05. The molecular weight excluding hydrogens is 245 g/mol. The predicted octanol–water partition coefficient (Wildman–Crippen LogP) is 2.32. The molecule has 0 radical (unpaired) electrons. The van der Waals surface area contributed by atoms with Crippen LogP contribution < -0.4 is 10.1 Å². The SMILES string of the molecule is CNCc1cc(C)nc(-c2ccc(F)c(OC)c2)n1. The summed E-state index contributed by atoms with van der Waals surface area (Å²) in [5.74, 6) is 0.371. The van der Waals surface area contributed by atoms with Gasteiger partial charge in [-0.05, 0) is 38.2 Å². The average Bonchev–Trinajstić information content (AvgIpc) is 2.39. The molecular formula is C14H16FN3O. The van der Waals surface area contributed by atoms with Crippen LogP contribution >= 0.6 is 0 Å². The summed E-state index contributed by atoms with van der Waals surface area (Å²) in [7, 11) is 3.30. The van der Waals surface area contributed by atoms with Crippen LogP contribution in [-0.2, 0) is 6.54 Å². The standard InChI is InChI=1S/C14H16FN3O/c1-9-6-11(8-16-2)18-14(17-9)10-4-5-12(15)13(7-10)19-3/h4-7,16H,8H2,1-3H3. The normalized spacial score (nSPS) is 10.5. The van der Waals surface area contributed by atoms with Gasteiger partial charge in [0.15, 0.2) is 17.4 Å². The highest BCUT2D eigenvalue weighted by molar-refractivity contribution is 5.58. The molecule has 0 bridgehead atoms. The highest BCUT2D eigenvalue weighted by Crippen LogP contribution is 2.24. The summed E-state index contributed by atoms with van der Waals surface area (Å²) >= 11 is 0. The van der Waals surface area contributed by atoms with Crippen molar-refractivity contribution in [2.24, 2.45) is 0 Å². The Morgan fingerprint density at radius 3 is 2.74 bits per heavy atom. The molecule has 1 aromatic heterocycles. The second-order valence-electron chi connectivity index (χ2n) is 4.20. The molecule has 0 atom stereocenters. The van der Waals surface area contributed by atoms with E-state index in [9.17, 15) is 4.39 Å². The number of hydrogen-bond acceptors (Lipinski definition) is 4. The lowest BCUT2D eigenvalue weighted by molar-refractivity contribution is 0.386. The molecule has 0 fully saturated rings. The first-order valence-electron chi connectivity index (χ1n) is 5.97. The molecule has 0 aliphatic rings. The fourth-order valence-electron chi connectivity index (χ4n) is 1.83. The van der Waals surface area contributed by atoms with E-state index in [1.165, 1.54) is 13.2 Å². The van der Waals surface area contributed by atoms with Crippen molar-refractivity contribution < 1.29 is 9.13 Å². The minimum Gasteiger partial charge on any atom is -0.494 e.